The number of aliphatic hydroxyl groups is 1. The molecular formula is C11H16ClN3O3. The molecule has 1 aromatic rings. The summed E-state index contributed by atoms with van der Waals surface area (Å²) in [5, 5.41) is 15.7. The summed E-state index contributed by atoms with van der Waals surface area (Å²) >= 11 is 5.98. The van der Waals surface area contributed by atoms with E-state index in [2.05, 4.69) is 10.4 Å². The number of hydrogen-bond donors (Lipinski definition) is 2. The van der Waals surface area contributed by atoms with Gasteiger partial charge in [-0.15, -0.1) is 0 Å². The second kappa shape index (κ2) is 6.17. The molecule has 2 rings (SSSR count). The van der Waals surface area contributed by atoms with Crippen LogP contribution in [0.15, 0.2) is 11.0 Å². The van der Waals surface area contributed by atoms with Crippen LogP contribution in [0.1, 0.15) is 25.5 Å². The highest BCUT2D eigenvalue weighted by Crippen LogP contribution is 2.22. The molecule has 2 heterocycles. The SMILES string of the molecule is O=c1c(Cl)c(NCCO)cnn1C1CCCCO1. The van der Waals surface area contributed by atoms with E-state index >= 15 is 0 Å². The summed E-state index contributed by atoms with van der Waals surface area (Å²) in [6, 6.07) is 0. The Kier molecular flexibility index (Phi) is 4.57. The molecule has 6 nitrogen and oxygen atoms in total. The molecule has 18 heavy (non-hydrogen) atoms. The first-order valence-electron chi connectivity index (χ1n) is 5.97. The van der Waals surface area contributed by atoms with Crippen LogP contribution in [0.2, 0.25) is 5.02 Å². The van der Waals surface area contributed by atoms with Gasteiger partial charge in [0.25, 0.3) is 5.56 Å². The molecule has 0 aromatic carbocycles. The Hall–Kier alpha value is -1.11. The molecule has 0 spiro atoms. The van der Waals surface area contributed by atoms with E-state index in [4.69, 9.17) is 21.4 Å². The molecule has 1 atom stereocenters. The summed E-state index contributed by atoms with van der Waals surface area (Å²) < 4.78 is 6.79. The Morgan fingerprint density at radius 3 is 3.11 bits per heavy atom. The van der Waals surface area contributed by atoms with Crippen LogP contribution in [0.4, 0.5) is 5.69 Å². The van der Waals surface area contributed by atoms with Gasteiger partial charge in [-0.1, -0.05) is 11.6 Å². The molecule has 100 valence electrons. The van der Waals surface area contributed by atoms with Crippen molar-refractivity contribution in [3.8, 4) is 0 Å². The van der Waals surface area contributed by atoms with Gasteiger partial charge in [0.1, 0.15) is 5.02 Å². The fraction of sp³-hybridized carbons (Fsp3) is 0.636. The number of ether oxygens (including phenoxy) is 1. The lowest BCUT2D eigenvalue weighted by atomic mass is 10.2. The highest BCUT2D eigenvalue weighted by atomic mass is 35.5. The molecule has 2 N–H and O–H groups in total. The van der Waals surface area contributed by atoms with Crippen molar-refractivity contribution in [3.63, 3.8) is 0 Å². The number of aromatic nitrogens is 2. The molecule has 1 saturated heterocycles. The lowest BCUT2D eigenvalue weighted by Crippen LogP contribution is -2.31. The lowest BCUT2D eigenvalue weighted by Gasteiger charge is -2.23. The first-order valence-corrected chi connectivity index (χ1v) is 6.35. The van der Waals surface area contributed by atoms with Crippen LogP contribution in [-0.4, -0.2) is 34.6 Å². The van der Waals surface area contributed by atoms with Gasteiger partial charge in [-0.25, -0.2) is 0 Å². The Labute approximate surface area is 110 Å². The van der Waals surface area contributed by atoms with Gasteiger partial charge in [0.15, 0.2) is 6.23 Å². The number of halogens is 1. The van der Waals surface area contributed by atoms with Crippen molar-refractivity contribution in [1.29, 1.82) is 0 Å². The van der Waals surface area contributed by atoms with E-state index in [0.717, 1.165) is 19.3 Å². The minimum Gasteiger partial charge on any atom is -0.395 e. The first kappa shape index (κ1) is 13.3. The van der Waals surface area contributed by atoms with Gasteiger partial charge >= 0.3 is 0 Å². The molecule has 0 aliphatic carbocycles. The monoisotopic (exact) mass is 273 g/mol. The maximum absolute atomic E-state index is 12.0. The van der Waals surface area contributed by atoms with Crippen LogP contribution in [0.5, 0.6) is 0 Å². The molecule has 1 unspecified atom stereocenters. The third kappa shape index (κ3) is 2.82. The molecular weight excluding hydrogens is 258 g/mol. The summed E-state index contributed by atoms with van der Waals surface area (Å²) in [5.41, 5.74) is 0.0642. The topological polar surface area (TPSA) is 76.4 Å². The van der Waals surface area contributed by atoms with Gasteiger partial charge < -0.3 is 15.2 Å². The Morgan fingerprint density at radius 1 is 1.61 bits per heavy atom. The van der Waals surface area contributed by atoms with Crippen molar-refractivity contribution < 1.29 is 9.84 Å². The molecule has 0 saturated carbocycles. The second-order valence-corrected chi connectivity index (χ2v) is 4.47. The second-order valence-electron chi connectivity index (χ2n) is 4.09. The van der Waals surface area contributed by atoms with Crippen molar-refractivity contribution in [3.05, 3.63) is 21.6 Å². The summed E-state index contributed by atoms with van der Waals surface area (Å²) in [6.07, 6.45) is 3.95. The predicted octanol–water partition coefficient (Wildman–Crippen LogP) is 1.000. The zero-order valence-corrected chi connectivity index (χ0v) is 10.7. The van der Waals surface area contributed by atoms with E-state index in [9.17, 15) is 4.79 Å². The van der Waals surface area contributed by atoms with Crippen LogP contribution >= 0.6 is 11.6 Å². The van der Waals surface area contributed by atoms with E-state index in [1.165, 1.54) is 10.9 Å². The highest BCUT2D eigenvalue weighted by Gasteiger charge is 2.20. The average molecular weight is 274 g/mol. The number of anilines is 1. The van der Waals surface area contributed by atoms with Gasteiger partial charge in [-0.05, 0) is 19.3 Å². The van der Waals surface area contributed by atoms with Gasteiger partial charge in [-0.2, -0.15) is 9.78 Å². The lowest BCUT2D eigenvalue weighted by molar-refractivity contribution is -0.0424. The zero-order valence-electron chi connectivity index (χ0n) is 9.93. The van der Waals surface area contributed by atoms with E-state index in [0.29, 0.717) is 18.8 Å². The van der Waals surface area contributed by atoms with Crippen LogP contribution in [0.25, 0.3) is 0 Å². The van der Waals surface area contributed by atoms with E-state index < -0.39 is 0 Å². The van der Waals surface area contributed by atoms with Crippen LogP contribution in [-0.2, 0) is 4.74 Å². The molecule has 0 bridgehead atoms. The summed E-state index contributed by atoms with van der Waals surface area (Å²) in [7, 11) is 0. The van der Waals surface area contributed by atoms with Crippen LogP contribution < -0.4 is 10.9 Å². The van der Waals surface area contributed by atoms with Crippen molar-refractivity contribution in [2.75, 3.05) is 25.1 Å². The van der Waals surface area contributed by atoms with Gasteiger partial charge in [-0.3, -0.25) is 4.79 Å². The number of rotatable bonds is 4. The number of hydrogen-bond acceptors (Lipinski definition) is 5. The molecule has 7 heteroatoms. The smallest absolute Gasteiger partial charge is 0.290 e. The molecule has 0 radical (unpaired) electrons. The molecule has 1 fully saturated rings. The molecule has 1 aliphatic heterocycles. The van der Waals surface area contributed by atoms with Crippen LogP contribution in [0.3, 0.4) is 0 Å². The van der Waals surface area contributed by atoms with E-state index in [1.54, 1.807) is 0 Å². The average Bonchev–Trinajstić information content (AvgIpc) is 2.41. The van der Waals surface area contributed by atoms with Crippen LogP contribution in [0, 0.1) is 0 Å². The largest absolute Gasteiger partial charge is 0.395 e. The summed E-state index contributed by atoms with van der Waals surface area (Å²) in [4.78, 5) is 12.0. The van der Waals surface area contributed by atoms with Crippen molar-refractivity contribution >= 4 is 17.3 Å². The number of nitrogens with one attached hydrogen (secondary N) is 1. The van der Waals surface area contributed by atoms with Gasteiger partial charge in [0.05, 0.1) is 18.5 Å². The van der Waals surface area contributed by atoms with Crippen molar-refractivity contribution in [2.24, 2.45) is 0 Å². The Bertz CT molecular complexity index is 457. The van der Waals surface area contributed by atoms with E-state index in [1.807, 2.05) is 0 Å². The quantitative estimate of drug-likeness (QED) is 0.856. The predicted molar refractivity (Wildman–Crippen MR) is 67.9 cm³/mol. The minimum absolute atomic E-state index is 0.0366. The van der Waals surface area contributed by atoms with Gasteiger partial charge in [0.2, 0.25) is 0 Å². The maximum Gasteiger partial charge on any atom is 0.290 e. The standard InChI is InChI=1S/C11H16ClN3O3/c12-10-8(13-4-5-16)7-14-15(11(10)17)9-3-1-2-6-18-9/h7,9,13,16H,1-6H2. The first-order chi connectivity index (χ1) is 8.74. The fourth-order valence-corrected chi connectivity index (χ4v) is 2.08. The molecule has 0 amide bonds. The Balaban J connectivity index is 2.22. The third-order valence-corrected chi connectivity index (χ3v) is 3.16. The third-order valence-electron chi connectivity index (χ3n) is 2.80. The fourth-order valence-electron chi connectivity index (χ4n) is 1.88. The van der Waals surface area contributed by atoms with E-state index in [-0.39, 0.29) is 23.4 Å². The highest BCUT2D eigenvalue weighted by molar-refractivity contribution is 6.32. The van der Waals surface area contributed by atoms with Crippen molar-refractivity contribution in [2.45, 2.75) is 25.5 Å². The maximum atomic E-state index is 12.0. The van der Waals surface area contributed by atoms with Gasteiger partial charge in [0, 0.05) is 13.2 Å². The normalized spacial score (nSPS) is 19.8. The zero-order chi connectivity index (χ0) is 13.0. The number of aliphatic hydroxyl groups excluding tert-OH is 1. The summed E-state index contributed by atoms with van der Waals surface area (Å²) in [5.74, 6) is 0. The van der Waals surface area contributed by atoms with Crippen molar-refractivity contribution in [1.82, 2.24) is 9.78 Å². The Morgan fingerprint density at radius 2 is 2.44 bits per heavy atom. The molecule has 1 aromatic heterocycles. The minimum atomic E-state index is -0.369. The molecule has 1 aliphatic rings. The number of nitrogens with zero attached hydrogens (tertiary/aromatic N) is 2. The summed E-state index contributed by atoms with van der Waals surface area (Å²) in [6.45, 7) is 0.927.